The third-order valence-corrected chi connectivity index (χ3v) is 5.56. The molecule has 6 heteroatoms. The molecule has 27 heavy (non-hydrogen) atoms. The van der Waals surface area contributed by atoms with Crippen LogP contribution in [0, 0.1) is 12.8 Å². The number of carbonyl (C=O) groups excluding carboxylic acids is 1. The fraction of sp³-hybridized carbons (Fsp3) is 0.333. The molecule has 0 aliphatic carbocycles. The second kappa shape index (κ2) is 7.64. The smallest absolute Gasteiger partial charge is 0.325 e. The Morgan fingerprint density at radius 2 is 1.67 bits per heavy atom. The Morgan fingerprint density at radius 1 is 1.07 bits per heavy atom. The van der Waals surface area contributed by atoms with E-state index in [-0.39, 0.29) is 17.5 Å². The second-order valence-corrected chi connectivity index (χ2v) is 8.41. The van der Waals surface area contributed by atoms with E-state index in [1.807, 2.05) is 26.0 Å². The Bertz CT molecular complexity index is 1050. The molecule has 142 valence electrons. The van der Waals surface area contributed by atoms with Crippen molar-refractivity contribution in [1.29, 1.82) is 0 Å². The van der Waals surface area contributed by atoms with Gasteiger partial charge in [0.25, 0.3) is 0 Å². The van der Waals surface area contributed by atoms with Crippen molar-refractivity contribution in [3.05, 3.63) is 52.4 Å². The summed E-state index contributed by atoms with van der Waals surface area (Å²) < 4.78 is 3.24. The SMILES string of the molecule is Cc1ccc(Sc2cc3c(cc2NC(=O)CC(C)C)n(C)c(=O)n3C)cc1. The van der Waals surface area contributed by atoms with E-state index >= 15 is 0 Å². The number of fused-ring (bicyclic) bond motifs is 1. The number of carbonyl (C=O) groups is 1. The number of aromatic nitrogens is 2. The lowest BCUT2D eigenvalue weighted by Gasteiger charge is -2.13. The molecule has 1 N–H and O–H groups in total. The van der Waals surface area contributed by atoms with E-state index in [0.717, 1.165) is 26.5 Å². The maximum Gasteiger partial charge on any atom is 0.328 e. The minimum absolute atomic E-state index is 0.0176. The van der Waals surface area contributed by atoms with Crippen LogP contribution in [0.5, 0.6) is 0 Å². The number of aryl methyl sites for hydroxylation is 3. The lowest BCUT2D eigenvalue weighted by Crippen LogP contribution is -2.19. The predicted octanol–water partition coefficient (Wildman–Crippen LogP) is 4.32. The molecule has 0 fully saturated rings. The van der Waals surface area contributed by atoms with Gasteiger partial charge in [0.15, 0.2) is 0 Å². The standard InChI is InChI=1S/C21H25N3O2S/c1-13(2)10-20(25)22-16-11-17-18(24(5)21(26)23(17)4)12-19(16)27-15-8-6-14(3)7-9-15/h6-9,11-13H,10H2,1-5H3,(H,22,25). The summed E-state index contributed by atoms with van der Waals surface area (Å²) in [4.78, 5) is 26.7. The van der Waals surface area contributed by atoms with E-state index in [9.17, 15) is 9.59 Å². The Morgan fingerprint density at radius 3 is 2.26 bits per heavy atom. The van der Waals surface area contributed by atoms with Gasteiger partial charge >= 0.3 is 5.69 Å². The summed E-state index contributed by atoms with van der Waals surface area (Å²) in [5.41, 5.74) is 3.50. The molecule has 0 spiro atoms. The predicted molar refractivity (Wildman–Crippen MR) is 112 cm³/mol. The molecule has 1 amide bonds. The van der Waals surface area contributed by atoms with Crippen LogP contribution in [-0.2, 0) is 18.9 Å². The summed E-state index contributed by atoms with van der Waals surface area (Å²) >= 11 is 1.58. The maximum atomic E-state index is 12.4. The highest BCUT2D eigenvalue weighted by molar-refractivity contribution is 7.99. The number of hydrogen-bond donors (Lipinski definition) is 1. The average Bonchev–Trinajstić information content (AvgIpc) is 2.81. The maximum absolute atomic E-state index is 12.4. The number of hydrogen-bond acceptors (Lipinski definition) is 3. The average molecular weight is 384 g/mol. The molecule has 0 saturated carbocycles. The van der Waals surface area contributed by atoms with Crippen LogP contribution in [0.25, 0.3) is 11.0 Å². The molecule has 0 aliphatic rings. The normalized spacial score (nSPS) is 11.3. The number of nitrogens with one attached hydrogen (secondary N) is 1. The van der Waals surface area contributed by atoms with Crippen molar-refractivity contribution in [2.75, 3.05) is 5.32 Å². The highest BCUT2D eigenvalue weighted by Gasteiger charge is 2.15. The number of rotatable bonds is 5. The quantitative estimate of drug-likeness (QED) is 0.714. The van der Waals surface area contributed by atoms with Gasteiger partial charge in [0, 0.05) is 30.3 Å². The van der Waals surface area contributed by atoms with E-state index < -0.39 is 0 Å². The van der Waals surface area contributed by atoms with Crippen LogP contribution < -0.4 is 11.0 Å². The zero-order valence-electron chi connectivity index (χ0n) is 16.4. The van der Waals surface area contributed by atoms with Crippen LogP contribution in [-0.4, -0.2) is 15.0 Å². The summed E-state index contributed by atoms with van der Waals surface area (Å²) in [5, 5.41) is 3.04. The molecule has 3 aromatic rings. The first-order chi connectivity index (χ1) is 12.8. The number of imidazole rings is 1. The lowest BCUT2D eigenvalue weighted by molar-refractivity contribution is -0.116. The Hall–Kier alpha value is -2.47. The number of benzene rings is 2. The first-order valence-electron chi connectivity index (χ1n) is 9.00. The number of nitrogens with zero attached hydrogens (tertiary/aromatic N) is 2. The topological polar surface area (TPSA) is 56.0 Å². The molecule has 0 unspecified atom stereocenters. The molecule has 3 rings (SSSR count). The fourth-order valence-electron chi connectivity index (χ4n) is 3.01. The number of amides is 1. The first-order valence-corrected chi connectivity index (χ1v) is 9.81. The van der Waals surface area contributed by atoms with E-state index in [1.165, 1.54) is 5.56 Å². The second-order valence-electron chi connectivity index (χ2n) is 7.30. The van der Waals surface area contributed by atoms with Crippen molar-refractivity contribution < 1.29 is 4.79 Å². The lowest BCUT2D eigenvalue weighted by atomic mass is 10.1. The summed E-state index contributed by atoms with van der Waals surface area (Å²) in [6.45, 7) is 6.09. The largest absolute Gasteiger partial charge is 0.328 e. The third kappa shape index (κ3) is 4.11. The monoisotopic (exact) mass is 383 g/mol. The van der Waals surface area contributed by atoms with Crippen LogP contribution in [0.15, 0.2) is 51.0 Å². The van der Waals surface area contributed by atoms with Crippen molar-refractivity contribution in [3.63, 3.8) is 0 Å². The molecule has 0 radical (unpaired) electrons. The highest BCUT2D eigenvalue weighted by atomic mass is 32.2. The van der Waals surface area contributed by atoms with E-state index in [2.05, 4.69) is 36.5 Å². The molecule has 0 saturated heterocycles. The van der Waals surface area contributed by atoms with Crippen LogP contribution >= 0.6 is 11.8 Å². The van der Waals surface area contributed by atoms with Gasteiger partial charge in [0.05, 0.1) is 16.7 Å². The minimum atomic E-state index is -0.0815. The molecule has 0 atom stereocenters. The zero-order valence-corrected chi connectivity index (χ0v) is 17.2. The van der Waals surface area contributed by atoms with E-state index in [4.69, 9.17) is 0 Å². The van der Waals surface area contributed by atoms with Gasteiger partial charge in [-0.3, -0.25) is 13.9 Å². The van der Waals surface area contributed by atoms with Crippen LogP contribution in [0.2, 0.25) is 0 Å². The van der Waals surface area contributed by atoms with Gasteiger partial charge in [-0.1, -0.05) is 43.3 Å². The number of anilines is 1. The van der Waals surface area contributed by atoms with Crippen molar-refractivity contribution in [1.82, 2.24) is 9.13 Å². The van der Waals surface area contributed by atoms with Gasteiger partial charge in [-0.25, -0.2) is 4.79 Å². The van der Waals surface area contributed by atoms with Gasteiger partial charge in [-0.05, 0) is 37.1 Å². The van der Waals surface area contributed by atoms with Gasteiger partial charge in [-0.15, -0.1) is 0 Å². The first kappa shape index (κ1) is 19.3. The molecular weight excluding hydrogens is 358 g/mol. The molecule has 2 aromatic carbocycles. The highest BCUT2D eigenvalue weighted by Crippen LogP contribution is 2.36. The zero-order chi connectivity index (χ0) is 19.7. The van der Waals surface area contributed by atoms with Gasteiger partial charge in [0.2, 0.25) is 5.91 Å². The van der Waals surface area contributed by atoms with Crippen molar-refractivity contribution in [2.45, 2.75) is 37.0 Å². The Balaban J connectivity index is 2.08. The van der Waals surface area contributed by atoms with Crippen LogP contribution in [0.3, 0.4) is 0 Å². The minimum Gasteiger partial charge on any atom is -0.325 e. The van der Waals surface area contributed by atoms with Crippen LogP contribution in [0.1, 0.15) is 25.8 Å². The van der Waals surface area contributed by atoms with Crippen molar-refractivity contribution in [2.24, 2.45) is 20.0 Å². The molecular formula is C21H25N3O2S. The summed E-state index contributed by atoms with van der Waals surface area (Å²) in [6.07, 6.45) is 0.459. The van der Waals surface area contributed by atoms with Crippen LogP contribution in [0.4, 0.5) is 5.69 Å². The van der Waals surface area contributed by atoms with Gasteiger partial charge < -0.3 is 5.32 Å². The molecule has 0 bridgehead atoms. The molecule has 5 nitrogen and oxygen atoms in total. The summed E-state index contributed by atoms with van der Waals surface area (Å²) in [5.74, 6) is 0.263. The van der Waals surface area contributed by atoms with E-state index in [1.54, 1.807) is 35.0 Å². The third-order valence-electron chi connectivity index (χ3n) is 4.49. The molecule has 1 heterocycles. The Labute approximate surface area is 163 Å². The fourth-order valence-corrected chi connectivity index (χ4v) is 3.93. The summed E-state index contributed by atoms with van der Waals surface area (Å²) in [6, 6.07) is 12.1. The van der Waals surface area contributed by atoms with Gasteiger partial charge in [-0.2, -0.15) is 0 Å². The Kier molecular flexibility index (Phi) is 5.46. The summed E-state index contributed by atoms with van der Waals surface area (Å²) in [7, 11) is 3.51. The molecule has 1 aromatic heterocycles. The van der Waals surface area contributed by atoms with Gasteiger partial charge in [0.1, 0.15) is 0 Å². The molecule has 0 aliphatic heterocycles. The van der Waals surface area contributed by atoms with Crippen molar-refractivity contribution >= 4 is 34.4 Å². The van der Waals surface area contributed by atoms with E-state index in [0.29, 0.717) is 6.42 Å². The van der Waals surface area contributed by atoms with Crippen molar-refractivity contribution in [3.8, 4) is 0 Å².